The van der Waals surface area contributed by atoms with Crippen molar-refractivity contribution in [3.63, 3.8) is 0 Å². The molecular weight excluding hydrogens is 401 g/mol. The molecule has 0 radical (unpaired) electrons. The number of halogens is 2. The maximum absolute atomic E-state index is 13.0. The number of nitrogens with zero attached hydrogens (tertiary/aromatic N) is 2. The first kappa shape index (κ1) is 18.5. The predicted molar refractivity (Wildman–Crippen MR) is 105 cm³/mol. The van der Waals surface area contributed by atoms with Crippen LogP contribution >= 0.6 is 23.2 Å². The normalized spacial score (nSPS) is 19.2. The maximum Gasteiger partial charge on any atom is 0.325 e. The Bertz CT molecular complexity index is 1070. The summed E-state index contributed by atoms with van der Waals surface area (Å²) in [6, 6.07) is 13.7. The van der Waals surface area contributed by atoms with E-state index in [0.29, 0.717) is 27.2 Å². The van der Waals surface area contributed by atoms with Crippen LogP contribution in [-0.4, -0.2) is 21.8 Å². The molecule has 0 bridgehead atoms. The molecule has 1 aliphatic rings. The van der Waals surface area contributed by atoms with Gasteiger partial charge in [0.25, 0.3) is 5.91 Å². The molecule has 1 fully saturated rings. The van der Waals surface area contributed by atoms with E-state index < -0.39 is 17.5 Å². The van der Waals surface area contributed by atoms with E-state index in [0.717, 1.165) is 10.5 Å². The monoisotopic (exact) mass is 415 g/mol. The zero-order valence-corrected chi connectivity index (χ0v) is 16.3. The summed E-state index contributed by atoms with van der Waals surface area (Å²) in [4.78, 5) is 31.0. The molecule has 0 saturated carbocycles. The van der Waals surface area contributed by atoms with Gasteiger partial charge in [-0.3, -0.25) is 9.69 Å². The first-order chi connectivity index (χ1) is 13.4. The van der Waals surface area contributed by atoms with E-state index in [-0.39, 0.29) is 6.54 Å². The molecule has 2 aromatic carbocycles. The highest BCUT2D eigenvalue weighted by Crippen LogP contribution is 2.33. The maximum atomic E-state index is 13.0. The zero-order valence-electron chi connectivity index (χ0n) is 14.8. The van der Waals surface area contributed by atoms with Gasteiger partial charge in [-0.05, 0) is 36.8 Å². The van der Waals surface area contributed by atoms with E-state index >= 15 is 0 Å². The van der Waals surface area contributed by atoms with Crippen LogP contribution in [0.5, 0.6) is 0 Å². The highest BCUT2D eigenvalue weighted by atomic mass is 35.5. The van der Waals surface area contributed by atoms with Gasteiger partial charge in [-0.25, -0.2) is 9.78 Å². The molecule has 1 aromatic heterocycles. The van der Waals surface area contributed by atoms with Gasteiger partial charge in [0, 0.05) is 5.56 Å². The fraction of sp³-hybridized carbons (Fsp3) is 0.150. The molecule has 142 valence electrons. The lowest BCUT2D eigenvalue weighted by Crippen LogP contribution is -2.40. The molecule has 3 amide bonds. The molecule has 1 saturated heterocycles. The SMILES string of the molecule is CC1(c2ccc(Cl)c(Cl)c2)NC(=O)N(Cc2coc(-c3ccccc3)n2)C1=O. The third-order valence-electron chi connectivity index (χ3n) is 4.66. The summed E-state index contributed by atoms with van der Waals surface area (Å²) in [5.74, 6) is 0.0232. The lowest BCUT2D eigenvalue weighted by molar-refractivity contribution is -0.131. The van der Waals surface area contributed by atoms with E-state index in [4.69, 9.17) is 27.6 Å². The first-order valence-electron chi connectivity index (χ1n) is 8.48. The second-order valence-corrected chi connectivity index (χ2v) is 7.40. The number of amides is 3. The Hall–Kier alpha value is -2.83. The molecule has 0 spiro atoms. The molecule has 1 aliphatic heterocycles. The van der Waals surface area contributed by atoms with Gasteiger partial charge in [-0.1, -0.05) is 47.5 Å². The Morgan fingerprint density at radius 2 is 1.86 bits per heavy atom. The minimum atomic E-state index is -1.24. The smallest absolute Gasteiger partial charge is 0.325 e. The lowest BCUT2D eigenvalue weighted by atomic mass is 9.92. The highest BCUT2D eigenvalue weighted by molar-refractivity contribution is 6.42. The number of carbonyl (C=O) groups is 2. The number of benzene rings is 2. The van der Waals surface area contributed by atoms with Crippen LogP contribution in [0.4, 0.5) is 4.79 Å². The average molecular weight is 416 g/mol. The molecule has 1 N–H and O–H groups in total. The Morgan fingerprint density at radius 1 is 1.11 bits per heavy atom. The van der Waals surface area contributed by atoms with Crippen LogP contribution in [0.1, 0.15) is 18.2 Å². The Labute approximate surface area is 171 Å². The predicted octanol–water partition coefficient (Wildman–Crippen LogP) is 4.62. The number of urea groups is 1. The Balaban J connectivity index is 1.58. The van der Waals surface area contributed by atoms with E-state index in [2.05, 4.69) is 10.3 Å². The van der Waals surface area contributed by atoms with E-state index in [1.807, 2.05) is 30.3 Å². The zero-order chi connectivity index (χ0) is 19.9. The summed E-state index contributed by atoms with van der Waals surface area (Å²) in [5, 5.41) is 3.41. The first-order valence-corrected chi connectivity index (χ1v) is 9.23. The summed E-state index contributed by atoms with van der Waals surface area (Å²) >= 11 is 12.0. The van der Waals surface area contributed by atoms with Crippen LogP contribution < -0.4 is 5.32 Å². The minimum absolute atomic E-state index is 0.00207. The van der Waals surface area contributed by atoms with Crippen molar-refractivity contribution in [1.29, 1.82) is 0 Å². The van der Waals surface area contributed by atoms with Crippen molar-refractivity contribution in [1.82, 2.24) is 15.2 Å². The van der Waals surface area contributed by atoms with Crippen LogP contribution in [0.25, 0.3) is 11.5 Å². The second-order valence-electron chi connectivity index (χ2n) is 6.59. The van der Waals surface area contributed by atoms with Crippen molar-refractivity contribution in [2.75, 3.05) is 0 Å². The fourth-order valence-corrected chi connectivity index (χ4v) is 3.40. The topological polar surface area (TPSA) is 75.4 Å². The van der Waals surface area contributed by atoms with Gasteiger partial charge in [0.15, 0.2) is 0 Å². The van der Waals surface area contributed by atoms with Gasteiger partial charge in [0.1, 0.15) is 11.8 Å². The van der Waals surface area contributed by atoms with Crippen molar-refractivity contribution in [2.45, 2.75) is 19.0 Å². The van der Waals surface area contributed by atoms with Crippen LogP contribution in [-0.2, 0) is 16.9 Å². The molecule has 0 aliphatic carbocycles. The standard InChI is InChI=1S/C20H15Cl2N3O3/c1-20(13-7-8-15(21)16(22)9-13)18(26)25(19(27)24-20)10-14-11-28-17(23-14)12-5-3-2-4-6-12/h2-9,11H,10H2,1H3,(H,24,27). The van der Waals surface area contributed by atoms with Gasteiger partial charge in [-0.2, -0.15) is 0 Å². The van der Waals surface area contributed by atoms with Crippen molar-refractivity contribution < 1.29 is 14.0 Å². The number of hydrogen-bond acceptors (Lipinski definition) is 4. The molecule has 4 rings (SSSR count). The van der Waals surface area contributed by atoms with Crippen LogP contribution in [0.2, 0.25) is 10.0 Å². The summed E-state index contributed by atoms with van der Waals surface area (Å²) in [7, 11) is 0. The molecule has 1 unspecified atom stereocenters. The van der Waals surface area contributed by atoms with E-state index in [1.165, 1.54) is 6.26 Å². The van der Waals surface area contributed by atoms with Crippen molar-refractivity contribution in [3.05, 3.63) is 76.1 Å². The number of hydrogen-bond donors (Lipinski definition) is 1. The molecule has 8 heteroatoms. The molecule has 28 heavy (non-hydrogen) atoms. The van der Waals surface area contributed by atoms with Gasteiger partial charge in [-0.15, -0.1) is 0 Å². The van der Waals surface area contributed by atoms with Crippen LogP contribution in [0.3, 0.4) is 0 Å². The largest absolute Gasteiger partial charge is 0.444 e. The molecular formula is C20H15Cl2N3O3. The second kappa shape index (κ2) is 6.96. The van der Waals surface area contributed by atoms with Gasteiger partial charge in [0.2, 0.25) is 5.89 Å². The summed E-state index contributed by atoms with van der Waals surface area (Å²) in [5.41, 5.74) is 0.595. The van der Waals surface area contributed by atoms with Gasteiger partial charge in [0.05, 0.1) is 22.3 Å². The van der Waals surface area contributed by atoms with Gasteiger partial charge >= 0.3 is 6.03 Å². The number of rotatable bonds is 4. The molecule has 2 heterocycles. The van der Waals surface area contributed by atoms with E-state index in [9.17, 15) is 9.59 Å². The fourth-order valence-electron chi connectivity index (χ4n) is 3.10. The molecule has 1 atom stereocenters. The molecule has 3 aromatic rings. The minimum Gasteiger partial charge on any atom is -0.444 e. The van der Waals surface area contributed by atoms with Crippen LogP contribution in [0, 0.1) is 0 Å². The number of carbonyl (C=O) groups excluding carboxylic acids is 2. The summed E-state index contributed by atoms with van der Waals surface area (Å²) in [6.45, 7) is 1.63. The highest BCUT2D eigenvalue weighted by Gasteiger charge is 2.49. The Kier molecular flexibility index (Phi) is 4.61. The third kappa shape index (κ3) is 3.15. The van der Waals surface area contributed by atoms with E-state index in [1.54, 1.807) is 25.1 Å². The van der Waals surface area contributed by atoms with Gasteiger partial charge < -0.3 is 9.73 Å². The van der Waals surface area contributed by atoms with Crippen molar-refractivity contribution in [3.8, 4) is 11.5 Å². The van der Waals surface area contributed by atoms with Crippen LogP contribution in [0.15, 0.2) is 59.2 Å². The quantitative estimate of drug-likeness (QED) is 0.630. The van der Waals surface area contributed by atoms with Crippen molar-refractivity contribution in [2.24, 2.45) is 0 Å². The third-order valence-corrected chi connectivity index (χ3v) is 5.40. The number of nitrogens with one attached hydrogen (secondary N) is 1. The number of oxazole rings is 1. The number of imide groups is 1. The lowest BCUT2D eigenvalue weighted by Gasteiger charge is -2.22. The Morgan fingerprint density at radius 3 is 2.57 bits per heavy atom. The number of aromatic nitrogens is 1. The molecule has 6 nitrogen and oxygen atoms in total. The average Bonchev–Trinajstić information content (AvgIpc) is 3.24. The summed E-state index contributed by atoms with van der Waals surface area (Å²) in [6.07, 6.45) is 1.44. The van der Waals surface area contributed by atoms with Crippen molar-refractivity contribution >= 4 is 35.1 Å². The summed E-state index contributed by atoms with van der Waals surface area (Å²) < 4.78 is 5.48.